The van der Waals surface area contributed by atoms with Gasteiger partial charge in [0, 0.05) is 31.4 Å². The van der Waals surface area contributed by atoms with Crippen molar-refractivity contribution in [3.63, 3.8) is 0 Å². The van der Waals surface area contributed by atoms with Crippen LogP contribution in [0.1, 0.15) is 24.2 Å². The number of halogens is 2. The van der Waals surface area contributed by atoms with E-state index in [1.54, 1.807) is 13.8 Å². The van der Waals surface area contributed by atoms with Crippen LogP contribution >= 0.6 is 0 Å². The van der Waals surface area contributed by atoms with Gasteiger partial charge in [-0.2, -0.15) is 0 Å². The van der Waals surface area contributed by atoms with Gasteiger partial charge < -0.3 is 15.0 Å². The number of rotatable bonds is 7. The molecule has 2 aromatic rings. The lowest BCUT2D eigenvalue weighted by Crippen LogP contribution is -2.30. The molecule has 0 aliphatic carbocycles. The highest BCUT2D eigenvalue weighted by molar-refractivity contribution is 7.89. The predicted octanol–water partition coefficient (Wildman–Crippen LogP) is 2.98. The van der Waals surface area contributed by atoms with Crippen molar-refractivity contribution in [1.29, 1.82) is 0 Å². The van der Waals surface area contributed by atoms with Gasteiger partial charge in [0.25, 0.3) is 5.91 Å². The molecule has 0 unspecified atom stereocenters. The number of nitrogens with zero attached hydrogens (tertiary/aromatic N) is 1. The monoisotopic (exact) mass is 427 g/mol. The van der Waals surface area contributed by atoms with Crippen LogP contribution < -0.4 is 19.7 Å². The summed E-state index contributed by atoms with van der Waals surface area (Å²) in [4.78, 5) is 13.6. The van der Waals surface area contributed by atoms with Crippen molar-refractivity contribution in [1.82, 2.24) is 4.72 Å². The number of benzene rings is 2. The van der Waals surface area contributed by atoms with Gasteiger partial charge in [0.15, 0.2) is 11.6 Å². The SMILES string of the molecule is COc1ccc(C(=O)Nc2cc(F)c(N(C)C)c(F)c2)cc1S(=O)(=O)NC(C)C. The van der Waals surface area contributed by atoms with Crippen molar-refractivity contribution in [3.05, 3.63) is 47.5 Å². The van der Waals surface area contributed by atoms with Crippen molar-refractivity contribution < 1.29 is 26.7 Å². The summed E-state index contributed by atoms with van der Waals surface area (Å²) in [7, 11) is 0.347. The fourth-order valence-corrected chi connectivity index (χ4v) is 4.12. The number of nitrogens with one attached hydrogen (secondary N) is 2. The lowest BCUT2D eigenvalue weighted by atomic mass is 10.2. The Morgan fingerprint density at radius 2 is 1.69 bits per heavy atom. The molecule has 29 heavy (non-hydrogen) atoms. The van der Waals surface area contributed by atoms with Crippen LogP contribution in [0, 0.1) is 11.6 Å². The second-order valence-corrected chi connectivity index (χ2v) is 8.46. The van der Waals surface area contributed by atoms with E-state index >= 15 is 0 Å². The van der Waals surface area contributed by atoms with Crippen LogP contribution in [-0.2, 0) is 10.0 Å². The molecule has 0 bridgehead atoms. The fourth-order valence-electron chi connectivity index (χ4n) is 2.67. The number of amides is 1. The summed E-state index contributed by atoms with van der Waals surface area (Å²) in [6.07, 6.45) is 0. The molecule has 2 N–H and O–H groups in total. The fraction of sp³-hybridized carbons (Fsp3) is 0.316. The Labute approximate surface area is 168 Å². The Kier molecular flexibility index (Phi) is 6.81. The molecule has 10 heteroatoms. The Morgan fingerprint density at radius 1 is 1.10 bits per heavy atom. The van der Waals surface area contributed by atoms with Crippen molar-refractivity contribution >= 4 is 27.3 Å². The molecule has 0 aliphatic rings. The zero-order valence-electron chi connectivity index (χ0n) is 16.7. The molecule has 0 radical (unpaired) electrons. The quantitative estimate of drug-likeness (QED) is 0.709. The standard InChI is InChI=1S/C19H23F2N3O4S/c1-11(2)23-29(26,27)17-8-12(6-7-16(17)28-5)19(25)22-13-9-14(20)18(24(3)4)15(21)10-13/h6-11,23H,1-5H3,(H,22,25). The molecular weight excluding hydrogens is 404 g/mol. The van der Waals surface area contributed by atoms with E-state index in [0.29, 0.717) is 0 Å². The van der Waals surface area contributed by atoms with Crippen molar-refractivity contribution in [2.24, 2.45) is 0 Å². The second-order valence-electron chi connectivity index (χ2n) is 6.78. The molecular formula is C19H23F2N3O4S. The highest BCUT2D eigenvalue weighted by Crippen LogP contribution is 2.28. The molecule has 0 saturated heterocycles. The molecule has 0 saturated carbocycles. The molecule has 0 aliphatic heterocycles. The second kappa shape index (κ2) is 8.75. The van der Waals surface area contributed by atoms with Gasteiger partial charge in [-0.05, 0) is 44.2 Å². The molecule has 158 valence electrons. The largest absolute Gasteiger partial charge is 0.495 e. The van der Waals surface area contributed by atoms with E-state index in [0.717, 1.165) is 18.2 Å². The molecule has 1 amide bonds. The third-order valence-corrected chi connectivity index (χ3v) is 5.51. The van der Waals surface area contributed by atoms with Crippen LogP contribution in [0.15, 0.2) is 35.2 Å². The zero-order valence-corrected chi connectivity index (χ0v) is 17.5. The predicted molar refractivity (Wildman–Crippen MR) is 107 cm³/mol. The first-order valence-electron chi connectivity index (χ1n) is 8.64. The molecule has 2 aromatic carbocycles. The van der Waals surface area contributed by atoms with Gasteiger partial charge in [0.2, 0.25) is 10.0 Å². The summed E-state index contributed by atoms with van der Waals surface area (Å²) in [5, 5.41) is 2.37. The Balaban J connectivity index is 2.38. The van der Waals surface area contributed by atoms with Gasteiger partial charge >= 0.3 is 0 Å². The maximum absolute atomic E-state index is 14.1. The maximum Gasteiger partial charge on any atom is 0.255 e. The summed E-state index contributed by atoms with van der Waals surface area (Å²) < 4.78 is 60.8. The lowest BCUT2D eigenvalue weighted by Gasteiger charge is -2.16. The van der Waals surface area contributed by atoms with Crippen LogP contribution in [0.25, 0.3) is 0 Å². The summed E-state index contributed by atoms with van der Waals surface area (Å²) in [5.74, 6) is -2.36. The highest BCUT2D eigenvalue weighted by Gasteiger charge is 2.23. The Morgan fingerprint density at radius 3 is 2.17 bits per heavy atom. The topological polar surface area (TPSA) is 87.7 Å². The number of sulfonamides is 1. The number of ether oxygens (including phenoxy) is 1. The first-order valence-corrected chi connectivity index (χ1v) is 10.1. The van der Waals surface area contributed by atoms with Crippen molar-refractivity contribution in [2.45, 2.75) is 24.8 Å². The van der Waals surface area contributed by atoms with Crippen LogP contribution in [0.2, 0.25) is 0 Å². The third kappa shape index (κ3) is 5.21. The van der Waals surface area contributed by atoms with Crippen molar-refractivity contribution in [3.8, 4) is 5.75 Å². The summed E-state index contributed by atoms with van der Waals surface area (Å²) in [6.45, 7) is 3.31. The number of methoxy groups -OCH3 is 1. The van der Waals surface area contributed by atoms with Gasteiger partial charge in [-0.3, -0.25) is 4.79 Å². The van der Waals surface area contributed by atoms with E-state index in [-0.39, 0.29) is 33.6 Å². The van der Waals surface area contributed by atoms with Gasteiger partial charge in [-0.15, -0.1) is 0 Å². The first-order chi connectivity index (χ1) is 13.5. The molecule has 7 nitrogen and oxygen atoms in total. The number of carbonyl (C=O) groups excluding carboxylic acids is 1. The zero-order chi connectivity index (χ0) is 21.9. The van der Waals surface area contributed by atoms with E-state index < -0.39 is 27.6 Å². The Hall–Kier alpha value is -2.72. The summed E-state index contributed by atoms with van der Waals surface area (Å²) >= 11 is 0. The average Bonchev–Trinajstić information content (AvgIpc) is 2.59. The van der Waals surface area contributed by atoms with Gasteiger partial charge in [0.05, 0.1) is 7.11 Å². The van der Waals surface area contributed by atoms with Crippen LogP contribution in [0.4, 0.5) is 20.2 Å². The molecule has 0 heterocycles. The minimum atomic E-state index is -3.94. The molecule has 0 aromatic heterocycles. The minimum Gasteiger partial charge on any atom is -0.495 e. The van der Waals surface area contributed by atoms with E-state index in [4.69, 9.17) is 4.74 Å². The Bertz CT molecular complexity index is 1000. The number of carbonyl (C=O) groups is 1. The van der Waals surface area contributed by atoms with E-state index in [1.807, 2.05) is 0 Å². The third-order valence-electron chi connectivity index (χ3n) is 3.83. The van der Waals surface area contributed by atoms with E-state index in [9.17, 15) is 22.0 Å². The minimum absolute atomic E-state index is 0.0209. The first kappa shape index (κ1) is 22.6. The summed E-state index contributed by atoms with van der Waals surface area (Å²) in [6, 6.07) is 5.42. The van der Waals surface area contributed by atoms with E-state index in [2.05, 4.69) is 10.0 Å². The molecule has 0 spiro atoms. The highest BCUT2D eigenvalue weighted by atomic mass is 32.2. The van der Waals surface area contributed by atoms with Gasteiger partial charge in [-0.1, -0.05) is 0 Å². The van der Waals surface area contributed by atoms with Crippen LogP contribution in [0.3, 0.4) is 0 Å². The lowest BCUT2D eigenvalue weighted by molar-refractivity contribution is 0.102. The number of hydrogen-bond donors (Lipinski definition) is 2. The van der Waals surface area contributed by atoms with Gasteiger partial charge in [-0.25, -0.2) is 21.9 Å². The molecule has 0 fully saturated rings. The van der Waals surface area contributed by atoms with Crippen molar-refractivity contribution in [2.75, 3.05) is 31.4 Å². The normalized spacial score (nSPS) is 11.4. The molecule has 2 rings (SSSR count). The van der Waals surface area contributed by atoms with E-state index in [1.165, 1.54) is 38.2 Å². The maximum atomic E-state index is 14.1. The number of hydrogen-bond acceptors (Lipinski definition) is 5. The average molecular weight is 427 g/mol. The van der Waals surface area contributed by atoms with Crippen LogP contribution in [-0.4, -0.2) is 41.6 Å². The van der Waals surface area contributed by atoms with Crippen LogP contribution in [0.5, 0.6) is 5.75 Å². The van der Waals surface area contributed by atoms with Gasteiger partial charge in [0.1, 0.15) is 16.3 Å². The number of anilines is 2. The smallest absolute Gasteiger partial charge is 0.255 e. The summed E-state index contributed by atoms with van der Waals surface area (Å²) in [5.41, 5.74) is -0.357. The molecule has 0 atom stereocenters.